The van der Waals surface area contributed by atoms with Gasteiger partial charge < -0.3 is 14.2 Å². The summed E-state index contributed by atoms with van der Waals surface area (Å²) in [5.41, 5.74) is 2.36. The van der Waals surface area contributed by atoms with Crippen molar-refractivity contribution >= 4 is 26.8 Å². The molecule has 4 rings (SSSR count). The summed E-state index contributed by atoms with van der Waals surface area (Å²) in [6.07, 6.45) is 5.41. The molecule has 28 heavy (non-hydrogen) atoms. The minimum absolute atomic E-state index is 0.000251. The van der Waals surface area contributed by atoms with Crippen molar-refractivity contribution in [3.63, 3.8) is 0 Å². The van der Waals surface area contributed by atoms with Gasteiger partial charge in [0.2, 0.25) is 10.0 Å². The molecule has 1 saturated heterocycles. The van der Waals surface area contributed by atoms with Gasteiger partial charge in [0.05, 0.1) is 23.6 Å². The fourth-order valence-corrected chi connectivity index (χ4v) is 5.07. The van der Waals surface area contributed by atoms with Crippen LogP contribution in [0.5, 0.6) is 0 Å². The number of nitrogens with two attached hydrogens (primary N) is 1. The highest BCUT2D eigenvalue weighted by Gasteiger charge is 2.30. The Morgan fingerprint density at radius 2 is 1.82 bits per heavy atom. The summed E-state index contributed by atoms with van der Waals surface area (Å²) < 4.78 is 31.3. The molecule has 2 aliphatic rings. The molecule has 0 spiro atoms. The number of carbonyl (C=O) groups is 1. The van der Waals surface area contributed by atoms with Crippen LogP contribution in [-0.4, -0.2) is 50.1 Å². The first-order valence-electron chi connectivity index (χ1n) is 9.92. The van der Waals surface area contributed by atoms with Crippen molar-refractivity contribution in [3.05, 3.63) is 29.5 Å². The number of rotatable bonds is 3. The van der Waals surface area contributed by atoms with E-state index in [1.807, 2.05) is 11.8 Å². The molecule has 0 unspecified atom stereocenters. The van der Waals surface area contributed by atoms with Gasteiger partial charge in [-0.3, -0.25) is 4.79 Å². The Bertz CT molecular complexity index is 1000. The summed E-state index contributed by atoms with van der Waals surface area (Å²) in [6, 6.07) is 5.13. The van der Waals surface area contributed by atoms with Crippen LogP contribution < -0.4 is 5.14 Å². The number of nitrogens with zero attached hydrogens (tertiary/aromatic N) is 2. The molecule has 1 aromatic carbocycles. The van der Waals surface area contributed by atoms with Gasteiger partial charge in [0.25, 0.3) is 5.91 Å². The van der Waals surface area contributed by atoms with E-state index >= 15 is 0 Å². The molecular weight excluding hydrogens is 378 g/mol. The van der Waals surface area contributed by atoms with Gasteiger partial charge in [0.15, 0.2) is 0 Å². The Hall–Kier alpha value is -1.90. The van der Waals surface area contributed by atoms with Crippen molar-refractivity contribution in [1.29, 1.82) is 0 Å². The average Bonchev–Trinajstić information content (AvgIpc) is 3.00. The number of aromatic nitrogens is 1. The highest BCUT2D eigenvalue weighted by Crippen LogP contribution is 2.37. The van der Waals surface area contributed by atoms with E-state index in [1.165, 1.54) is 12.5 Å². The number of carbonyl (C=O) groups excluding carboxylic acids is 1. The molecular formula is C20H27N3O4S. The molecule has 0 radical (unpaired) electrons. The largest absolute Gasteiger partial charge is 0.378 e. The maximum Gasteiger partial charge on any atom is 0.270 e. The molecule has 1 amide bonds. The minimum atomic E-state index is -3.81. The first-order chi connectivity index (χ1) is 13.4. The van der Waals surface area contributed by atoms with Crippen molar-refractivity contribution in [2.45, 2.75) is 50.0 Å². The second-order valence-corrected chi connectivity index (χ2v) is 9.33. The summed E-state index contributed by atoms with van der Waals surface area (Å²) in [6.45, 7) is 4.19. The van der Waals surface area contributed by atoms with Gasteiger partial charge in [-0.15, -0.1) is 0 Å². The fraction of sp³-hybridized carbons (Fsp3) is 0.550. The van der Waals surface area contributed by atoms with Crippen LogP contribution in [-0.2, 0) is 14.8 Å². The molecule has 1 aliphatic carbocycles. The van der Waals surface area contributed by atoms with Gasteiger partial charge in [0, 0.05) is 24.5 Å². The van der Waals surface area contributed by atoms with Crippen LogP contribution in [0.1, 0.15) is 54.2 Å². The maximum absolute atomic E-state index is 13.4. The predicted molar refractivity (Wildman–Crippen MR) is 107 cm³/mol. The predicted octanol–water partition coefficient (Wildman–Crippen LogP) is 2.57. The quantitative estimate of drug-likeness (QED) is 0.849. The monoisotopic (exact) mass is 405 g/mol. The Morgan fingerprint density at radius 1 is 1.14 bits per heavy atom. The summed E-state index contributed by atoms with van der Waals surface area (Å²) in [4.78, 5) is 15.4. The van der Waals surface area contributed by atoms with E-state index in [-0.39, 0.29) is 16.8 Å². The van der Waals surface area contributed by atoms with E-state index in [2.05, 4.69) is 4.57 Å². The number of benzene rings is 1. The van der Waals surface area contributed by atoms with Gasteiger partial charge in [-0.05, 0) is 37.5 Å². The lowest BCUT2D eigenvalue weighted by atomic mass is 9.95. The van der Waals surface area contributed by atoms with E-state index in [9.17, 15) is 13.2 Å². The van der Waals surface area contributed by atoms with Gasteiger partial charge >= 0.3 is 0 Å². The van der Waals surface area contributed by atoms with E-state index in [4.69, 9.17) is 9.88 Å². The van der Waals surface area contributed by atoms with Crippen molar-refractivity contribution < 1.29 is 17.9 Å². The summed E-state index contributed by atoms with van der Waals surface area (Å²) in [5, 5.41) is 6.28. The molecule has 0 bridgehead atoms. The number of sulfonamides is 1. The van der Waals surface area contributed by atoms with Crippen LogP contribution in [0.2, 0.25) is 0 Å². The summed E-state index contributed by atoms with van der Waals surface area (Å²) in [5.74, 6) is -0.000251. The van der Waals surface area contributed by atoms with Crippen molar-refractivity contribution in [3.8, 4) is 0 Å². The van der Waals surface area contributed by atoms with E-state index in [0.717, 1.165) is 42.1 Å². The maximum atomic E-state index is 13.4. The number of ether oxygens (including phenoxy) is 1. The topological polar surface area (TPSA) is 94.6 Å². The number of primary sulfonamides is 1. The molecule has 2 heterocycles. The second-order valence-electron chi connectivity index (χ2n) is 7.76. The Kier molecular flexibility index (Phi) is 5.20. The lowest BCUT2D eigenvalue weighted by molar-refractivity contribution is 0.0293. The average molecular weight is 406 g/mol. The lowest BCUT2D eigenvalue weighted by Gasteiger charge is -2.30. The van der Waals surface area contributed by atoms with Crippen LogP contribution in [0.4, 0.5) is 0 Å². The van der Waals surface area contributed by atoms with Crippen molar-refractivity contribution in [1.82, 2.24) is 9.47 Å². The molecule has 1 aliphatic heterocycles. The van der Waals surface area contributed by atoms with Gasteiger partial charge in [-0.1, -0.05) is 25.3 Å². The van der Waals surface area contributed by atoms with Crippen molar-refractivity contribution in [2.75, 3.05) is 26.3 Å². The molecule has 2 aromatic rings. The third-order valence-electron chi connectivity index (χ3n) is 6.00. The SMILES string of the molecule is Cc1c(C(=O)N2CCOCC2)n(C2CCCCC2)c2cc(S(N)(=O)=O)ccc12. The Labute approximate surface area is 165 Å². The molecule has 2 fully saturated rings. The fourth-order valence-electron chi connectivity index (χ4n) is 4.53. The number of amides is 1. The van der Waals surface area contributed by atoms with Crippen LogP contribution in [0.25, 0.3) is 10.9 Å². The smallest absolute Gasteiger partial charge is 0.270 e. The normalized spacial score (nSPS) is 19.3. The number of fused-ring (bicyclic) bond motifs is 1. The third-order valence-corrected chi connectivity index (χ3v) is 6.91. The number of morpholine rings is 1. The van der Waals surface area contributed by atoms with E-state index < -0.39 is 10.0 Å². The minimum Gasteiger partial charge on any atom is -0.378 e. The molecule has 2 N–H and O–H groups in total. The zero-order chi connectivity index (χ0) is 19.9. The van der Waals surface area contributed by atoms with E-state index in [1.54, 1.807) is 12.1 Å². The first kappa shape index (κ1) is 19.4. The zero-order valence-electron chi connectivity index (χ0n) is 16.2. The molecule has 7 nitrogen and oxygen atoms in total. The highest BCUT2D eigenvalue weighted by molar-refractivity contribution is 7.89. The van der Waals surface area contributed by atoms with Gasteiger partial charge in [0.1, 0.15) is 5.69 Å². The molecule has 0 atom stereocenters. The standard InChI is InChI=1S/C20H27N3O4S/c1-14-17-8-7-16(28(21,25)26)13-18(17)23(15-5-3-2-4-6-15)19(14)20(24)22-9-11-27-12-10-22/h7-8,13,15H,2-6,9-12H2,1H3,(H2,21,25,26). The number of hydrogen-bond acceptors (Lipinski definition) is 4. The summed E-state index contributed by atoms with van der Waals surface area (Å²) in [7, 11) is -3.81. The molecule has 152 valence electrons. The van der Waals surface area contributed by atoms with Crippen LogP contribution in [0.3, 0.4) is 0 Å². The van der Waals surface area contributed by atoms with Gasteiger partial charge in [-0.2, -0.15) is 0 Å². The Morgan fingerprint density at radius 3 is 2.46 bits per heavy atom. The molecule has 1 saturated carbocycles. The number of hydrogen-bond donors (Lipinski definition) is 1. The summed E-state index contributed by atoms with van der Waals surface area (Å²) >= 11 is 0. The lowest BCUT2D eigenvalue weighted by Crippen LogP contribution is -2.42. The molecule has 1 aromatic heterocycles. The molecule has 8 heteroatoms. The van der Waals surface area contributed by atoms with Crippen LogP contribution >= 0.6 is 0 Å². The zero-order valence-corrected chi connectivity index (χ0v) is 17.0. The highest BCUT2D eigenvalue weighted by atomic mass is 32.2. The van der Waals surface area contributed by atoms with Crippen LogP contribution in [0, 0.1) is 6.92 Å². The first-order valence-corrected chi connectivity index (χ1v) is 11.5. The van der Waals surface area contributed by atoms with E-state index in [0.29, 0.717) is 32.0 Å². The second kappa shape index (κ2) is 7.50. The Balaban J connectivity index is 1.91. The van der Waals surface area contributed by atoms with Gasteiger partial charge in [-0.25, -0.2) is 13.6 Å². The third kappa shape index (κ3) is 3.44. The van der Waals surface area contributed by atoms with Crippen LogP contribution in [0.15, 0.2) is 23.1 Å². The van der Waals surface area contributed by atoms with Crippen molar-refractivity contribution in [2.24, 2.45) is 5.14 Å². The number of aryl methyl sites for hydroxylation is 1.